The summed E-state index contributed by atoms with van der Waals surface area (Å²) in [6.45, 7) is 3.59. The predicted molar refractivity (Wildman–Crippen MR) is 72.1 cm³/mol. The first-order valence-corrected chi connectivity index (χ1v) is 6.92. The van der Waals surface area contributed by atoms with Gasteiger partial charge in [-0.15, -0.1) is 0 Å². The van der Waals surface area contributed by atoms with Crippen molar-refractivity contribution in [3.63, 3.8) is 0 Å². The molecule has 0 unspecified atom stereocenters. The van der Waals surface area contributed by atoms with Crippen molar-refractivity contribution < 1.29 is 9.18 Å². The molecule has 98 valence electrons. The van der Waals surface area contributed by atoms with Gasteiger partial charge in [0, 0.05) is 13.1 Å². The summed E-state index contributed by atoms with van der Waals surface area (Å²) in [6.07, 6.45) is 2.46. The van der Waals surface area contributed by atoms with Crippen LogP contribution in [0.2, 0.25) is 0 Å². The van der Waals surface area contributed by atoms with Gasteiger partial charge in [0.2, 0.25) is 0 Å². The normalized spacial score (nSPS) is 15.9. The van der Waals surface area contributed by atoms with Crippen LogP contribution in [0, 0.1) is 5.82 Å². The lowest BCUT2D eigenvalue weighted by Gasteiger charge is -2.14. The van der Waals surface area contributed by atoms with E-state index in [1.54, 1.807) is 12.1 Å². The van der Waals surface area contributed by atoms with Gasteiger partial charge in [0.15, 0.2) is 0 Å². The van der Waals surface area contributed by atoms with Crippen LogP contribution in [0.15, 0.2) is 22.7 Å². The minimum absolute atomic E-state index is 0.0887. The largest absolute Gasteiger partial charge is 0.351 e. The Morgan fingerprint density at radius 3 is 2.83 bits per heavy atom. The monoisotopic (exact) mass is 314 g/mol. The Bertz CT molecular complexity index is 433. The van der Waals surface area contributed by atoms with Gasteiger partial charge in [0.25, 0.3) is 5.91 Å². The van der Waals surface area contributed by atoms with Crippen molar-refractivity contribution in [1.29, 1.82) is 0 Å². The number of hydrogen-bond acceptors (Lipinski definition) is 2. The molecule has 1 aliphatic heterocycles. The van der Waals surface area contributed by atoms with E-state index in [0.29, 0.717) is 11.0 Å². The summed E-state index contributed by atoms with van der Waals surface area (Å²) in [5, 5.41) is 2.75. The molecule has 1 amide bonds. The fourth-order valence-electron chi connectivity index (χ4n) is 2.11. The zero-order chi connectivity index (χ0) is 13.0. The molecule has 0 saturated carbocycles. The van der Waals surface area contributed by atoms with Gasteiger partial charge in [0.05, 0.1) is 10.0 Å². The Balaban J connectivity index is 1.85. The van der Waals surface area contributed by atoms with Gasteiger partial charge in [-0.1, -0.05) is 6.07 Å². The first-order chi connectivity index (χ1) is 8.68. The molecular weight excluding hydrogens is 299 g/mol. The Morgan fingerprint density at radius 2 is 2.11 bits per heavy atom. The number of hydrogen-bond donors (Lipinski definition) is 1. The second kappa shape index (κ2) is 6.29. The summed E-state index contributed by atoms with van der Waals surface area (Å²) >= 11 is 3.07. The molecule has 1 aromatic carbocycles. The van der Waals surface area contributed by atoms with Crippen LogP contribution in [0.5, 0.6) is 0 Å². The molecular formula is C13H16BrFN2O. The van der Waals surface area contributed by atoms with E-state index in [1.165, 1.54) is 18.9 Å². The molecule has 2 rings (SSSR count). The van der Waals surface area contributed by atoms with Gasteiger partial charge >= 0.3 is 0 Å². The third-order valence-corrected chi connectivity index (χ3v) is 3.72. The summed E-state index contributed by atoms with van der Waals surface area (Å²) in [5.74, 6) is -0.857. The number of carbonyl (C=O) groups is 1. The average molecular weight is 315 g/mol. The van der Waals surface area contributed by atoms with Crippen molar-refractivity contribution in [2.75, 3.05) is 26.2 Å². The van der Waals surface area contributed by atoms with Crippen LogP contribution in [0.25, 0.3) is 0 Å². The molecule has 0 spiro atoms. The molecule has 1 fully saturated rings. The van der Waals surface area contributed by atoms with Gasteiger partial charge < -0.3 is 10.2 Å². The van der Waals surface area contributed by atoms with Gasteiger partial charge in [-0.05, 0) is 54.0 Å². The lowest BCUT2D eigenvalue weighted by atomic mass is 10.2. The molecule has 1 aromatic rings. The second-order valence-electron chi connectivity index (χ2n) is 4.41. The number of benzene rings is 1. The molecule has 3 nitrogen and oxygen atoms in total. The first kappa shape index (κ1) is 13.5. The lowest BCUT2D eigenvalue weighted by molar-refractivity contribution is 0.0945. The topological polar surface area (TPSA) is 32.3 Å². The highest BCUT2D eigenvalue weighted by Crippen LogP contribution is 2.18. The SMILES string of the molecule is O=C(NCCN1CCCC1)c1cccc(Br)c1F. The van der Waals surface area contributed by atoms with Gasteiger partial charge in [-0.2, -0.15) is 0 Å². The zero-order valence-corrected chi connectivity index (χ0v) is 11.7. The van der Waals surface area contributed by atoms with E-state index in [-0.39, 0.29) is 11.5 Å². The zero-order valence-electron chi connectivity index (χ0n) is 10.1. The quantitative estimate of drug-likeness (QED) is 0.925. The van der Waals surface area contributed by atoms with E-state index in [2.05, 4.69) is 26.1 Å². The Morgan fingerprint density at radius 1 is 1.39 bits per heavy atom. The molecule has 5 heteroatoms. The second-order valence-corrected chi connectivity index (χ2v) is 5.26. The maximum Gasteiger partial charge on any atom is 0.254 e. The van der Waals surface area contributed by atoms with Crippen LogP contribution in [-0.4, -0.2) is 37.0 Å². The summed E-state index contributed by atoms with van der Waals surface area (Å²) in [4.78, 5) is 14.1. The van der Waals surface area contributed by atoms with E-state index >= 15 is 0 Å². The Hall–Kier alpha value is -0.940. The summed E-state index contributed by atoms with van der Waals surface area (Å²) in [7, 11) is 0. The van der Waals surface area contributed by atoms with E-state index in [4.69, 9.17) is 0 Å². The molecule has 1 aliphatic rings. The van der Waals surface area contributed by atoms with Crippen LogP contribution in [0.1, 0.15) is 23.2 Å². The molecule has 0 bridgehead atoms. The predicted octanol–water partition coefficient (Wildman–Crippen LogP) is 2.41. The van der Waals surface area contributed by atoms with Gasteiger partial charge in [-0.3, -0.25) is 4.79 Å². The first-order valence-electron chi connectivity index (χ1n) is 6.13. The van der Waals surface area contributed by atoms with Gasteiger partial charge in [-0.25, -0.2) is 4.39 Å². The molecule has 0 atom stereocenters. The minimum Gasteiger partial charge on any atom is -0.351 e. The minimum atomic E-state index is -0.504. The summed E-state index contributed by atoms with van der Waals surface area (Å²) < 4.78 is 14.0. The Kier molecular flexibility index (Phi) is 4.72. The molecule has 1 saturated heterocycles. The summed E-state index contributed by atoms with van der Waals surface area (Å²) in [5.41, 5.74) is 0.0887. The molecule has 0 aromatic heterocycles. The fourth-order valence-corrected chi connectivity index (χ4v) is 2.47. The molecule has 0 radical (unpaired) electrons. The van der Waals surface area contributed by atoms with Crippen LogP contribution in [0.4, 0.5) is 4.39 Å². The van der Waals surface area contributed by atoms with E-state index in [1.807, 2.05) is 0 Å². The van der Waals surface area contributed by atoms with Crippen molar-refractivity contribution in [2.24, 2.45) is 0 Å². The van der Waals surface area contributed by atoms with Crippen LogP contribution in [0.3, 0.4) is 0 Å². The summed E-state index contributed by atoms with van der Waals surface area (Å²) in [6, 6.07) is 4.73. The molecule has 0 aliphatic carbocycles. The molecule has 1 heterocycles. The highest BCUT2D eigenvalue weighted by Gasteiger charge is 2.15. The number of nitrogens with zero attached hydrogens (tertiary/aromatic N) is 1. The van der Waals surface area contributed by atoms with Gasteiger partial charge in [0.1, 0.15) is 5.82 Å². The van der Waals surface area contributed by atoms with Crippen LogP contribution >= 0.6 is 15.9 Å². The van der Waals surface area contributed by atoms with Crippen LogP contribution < -0.4 is 5.32 Å². The standard InChI is InChI=1S/C13H16BrFN2O/c14-11-5-3-4-10(12(11)15)13(18)16-6-9-17-7-1-2-8-17/h3-5H,1-2,6-9H2,(H,16,18). The van der Waals surface area contributed by atoms with Crippen molar-refractivity contribution >= 4 is 21.8 Å². The lowest BCUT2D eigenvalue weighted by Crippen LogP contribution is -2.33. The third-order valence-electron chi connectivity index (χ3n) is 3.11. The highest BCUT2D eigenvalue weighted by molar-refractivity contribution is 9.10. The Labute approximate surface area is 114 Å². The van der Waals surface area contributed by atoms with Crippen molar-refractivity contribution in [2.45, 2.75) is 12.8 Å². The van der Waals surface area contributed by atoms with E-state index < -0.39 is 5.82 Å². The van der Waals surface area contributed by atoms with Crippen molar-refractivity contribution in [3.05, 3.63) is 34.1 Å². The number of rotatable bonds is 4. The average Bonchev–Trinajstić information content (AvgIpc) is 2.85. The number of halogens is 2. The van der Waals surface area contributed by atoms with E-state index in [9.17, 15) is 9.18 Å². The van der Waals surface area contributed by atoms with E-state index in [0.717, 1.165) is 19.6 Å². The van der Waals surface area contributed by atoms with Crippen molar-refractivity contribution in [1.82, 2.24) is 10.2 Å². The molecule has 18 heavy (non-hydrogen) atoms. The highest BCUT2D eigenvalue weighted by atomic mass is 79.9. The van der Waals surface area contributed by atoms with Crippen molar-refractivity contribution in [3.8, 4) is 0 Å². The number of nitrogens with one attached hydrogen (secondary N) is 1. The molecule has 1 N–H and O–H groups in total. The maximum absolute atomic E-state index is 13.7. The smallest absolute Gasteiger partial charge is 0.254 e. The maximum atomic E-state index is 13.7. The fraction of sp³-hybridized carbons (Fsp3) is 0.462. The third kappa shape index (κ3) is 3.29. The number of likely N-dealkylation sites (tertiary alicyclic amines) is 1. The van der Waals surface area contributed by atoms with Crippen LogP contribution in [-0.2, 0) is 0 Å². The number of amides is 1. The number of carbonyl (C=O) groups excluding carboxylic acids is 1.